The first-order chi connectivity index (χ1) is 10.1. The number of hydrogen-bond acceptors (Lipinski definition) is 3. The fourth-order valence-electron chi connectivity index (χ4n) is 1.59. The van der Waals surface area contributed by atoms with Crippen LogP contribution in [0.2, 0.25) is 0 Å². The van der Waals surface area contributed by atoms with E-state index in [2.05, 4.69) is 49.0 Å². The molecule has 6 heteroatoms. The second kappa shape index (κ2) is 7.56. The molecule has 0 heterocycles. The third-order valence-corrected chi connectivity index (χ3v) is 4.03. The Bertz CT molecular complexity index is 672. The van der Waals surface area contributed by atoms with Gasteiger partial charge in [0, 0.05) is 10.0 Å². The van der Waals surface area contributed by atoms with E-state index >= 15 is 0 Å². The van der Waals surface area contributed by atoms with Crippen molar-refractivity contribution in [1.29, 1.82) is 0 Å². The molecule has 2 rings (SSSR count). The summed E-state index contributed by atoms with van der Waals surface area (Å²) in [6.07, 6.45) is 1.60. The minimum absolute atomic E-state index is 0.248. The van der Waals surface area contributed by atoms with Crippen LogP contribution in [0.5, 0.6) is 5.75 Å². The van der Waals surface area contributed by atoms with Gasteiger partial charge in [-0.25, -0.2) is 5.43 Å². The Morgan fingerprint density at radius 2 is 2.00 bits per heavy atom. The summed E-state index contributed by atoms with van der Waals surface area (Å²) in [6.45, 7) is 0. The molecule has 21 heavy (non-hydrogen) atoms. The molecule has 1 N–H and O–H groups in total. The van der Waals surface area contributed by atoms with Gasteiger partial charge in [0.2, 0.25) is 0 Å². The van der Waals surface area contributed by atoms with Gasteiger partial charge in [-0.2, -0.15) is 5.10 Å². The van der Waals surface area contributed by atoms with Gasteiger partial charge in [-0.1, -0.05) is 15.9 Å². The standard InChI is InChI=1S/C15H12BrIN2O2/c1-21-14-7-2-10(8-13(14)17)9-18-19-15(20)11-3-5-12(16)6-4-11/h2-9H,1H3,(H,19,20)/b18-9-. The maximum absolute atomic E-state index is 11.9. The van der Waals surface area contributed by atoms with Crippen LogP contribution in [0.25, 0.3) is 0 Å². The van der Waals surface area contributed by atoms with Gasteiger partial charge in [-0.3, -0.25) is 4.79 Å². The third-order valence-electron chi connectivity index (χ3n) is 2.66. The highest BCUT2D eigenvalue weighted by Crippen LogP contribution is 2.20. The molecule has 0 spiro atoms. The van der Waals surface area contributed by atoms with E-state index in [1.165, 1.54) is 0 Å². The van der Waals surface area contributed by atoms with Gasteiger partial charge in [0.25, 0.3) is 5.91 Å². The van der Waals surface area contributed by atoms with E-state index in [-0.39, 0.29) is 5.91 Å². The van der Waals surface area contributed by atoms with Gasteiger partial charge < -0.3 is 4.74 Å². The molecule has 2 aromatic rings. The first-order valence-electron chi connectivity index (χ1n) is 6.02. The number of carbonyl (C=O) groups is 1. The molecule has 4 nitrogen and oxygen atoms in total. The molecule has 2 aromatic carbocycles. The van der Waals surface area contributed by atoms with Crippen LogP contribution in [-0.2, 0) is 0 Å². The van der Waals surface area contributed by atoms with Gasteiger partial charge in [-0.05, 0) is 70.6 Å². The Hall–Kier alpha value is -1.41. The van der Waals surface area contributed by atoms with Crippen molar-refractivity contribution in [2.45, 2.75) is 0 Å². The molecule has 0 radical (unpaired) electrons. The van der Waals surface area contributed by atoms with Gasteiger partial charge in [0.15, 0.2) is 0 Å². The maximum Gasteiger partial charge on any atom is 0.271 e. The minimum atomic E-state index is -0.248. The molecular weight excluding hydrogens is 447 g/mol. The van der Waals surface area contributed by atoms with Crippen LogP contribution in [0, 0.1) is 3.57 Å². The van der Waals surface area contributed by atoms with Crippen molar-refractivity contribution in [3.63, 3.8) is 0 Å². The average Bonchev–Trinajstić information content (AvgIpc) is 2.48. The zero-order chi connectivity index (χ0) is 15.2. The van der Waals surface area contributed by atoms with E-state index in [1.54, 1.807) is 25.5 Å². The highest BCUT2D eigenvalue weighted by atomic mass is 127. The lowest BCUT2D eigenvalue weighted by Crippen LogP contribution is -2.17. The Balaban J connectivity index is 2.00. The topological polar surface area (TPSA) is 50.7 Å². The van der Waals surface area contributed by atoms with Crippen LogP contribution in [0.15, 0.2) is 52.0 Å². The van der Waals surface area contributed by atoms with Crippen LogP contribution >= 0.6 is 38.5 Å². The normalized spacial score (nSPS) is 10.6. The maximum atomic E-state index is 11.9. The number of hydrazone groups is 1. The summed E-state index contributed by atoms with van der Waals surface area (Å²) >= 11 is 5.51. The monoisotopic (exact) mass is 458 g/mol. The van der Waals surface area contributed by atoms with Crippen LogP contribution in [0.1, 0.15) is 15.9 Å². The number of amides is 1. The molecule has 0 saturated carbocycles. The SMILES string of the molecule is COc1ccc(/C=N\NC(=O)c2ccc(Br)cc2)cc1I. The van der Waals surface area contributed by atoms with Crippen LogP contribution in [-0.4, -0.2) is 19.2 Å². The van der Waals surface area contributed by atoms with Crippen molar-refractivity contribution in [3.05, 3.63) is 61.6 Å². The molecule has 108 valence electrons. The molecule has 0 aliphatic rings. The van der Waals surface area contributed by atoms with Crippen molar-refractivity contribution in [3.8, 4) is 5.75 Å². The number of rotatable bonds is 4. The number of halogens is 2. The zero-order valence-electron chi connectivity index (χ0n) is 11.1. The van der Waals surface area contributed by atoms with Crippen molar-refractivity contribution in [2.75, 3.05) is 7.11 Å². The molecule has 0 aliphatic heterocycles. The Morgan fingerprint density at radius 1 is 1.29 bits per heavy atom. The lowest BCUT2D eigenvalue weighted by Gasteiger charge is -2.03. The van der Waals surface area contributed by atoms with E-state index in [9.17, 15) is 4.79 Å². The summed E-state index contributed by atoms with van der Waals surface area (Å²) in [5.74, 6) is 0.564. The Kier molecular flexibility index (Phi) is 5.75. The molecule has 1 amide bonds. The molecule has 0 atom stereocenters. The average molecular weight is 459 g/mol. The van der Waals surface area contributed by atoms with Gasteiger partial charge in [-0.15, -0.1) is 0 Å². The van der Waals surface area contributed by atoms with Crippen molar-refractivity contribution in [1.82, 2.24) is 5.43 Å². The van der Waals surface area contributed by atoms with Crippen molar-refractivity contribution in [2.24, 2.45) is 5.10 Å². The van der Waals surface area contributed by atoms with Crippen molar-refractivity contribution >= 4 is 50.6 Å². The summed E-state index contributed by atoms with van der Waals surface area (Å²) < 4.78 is 7.10. The number of ether oxygens (including phenoxy) is 1. The molecular formula is C15H12BrIN2O2. The van der Waals surface area contributed by atoms with Crippen LogP contribution in [0.4, 0.5) is 0 Å². The van der Waals surface area contributed by atoms with E-state index in [0.29, 0.717) is 5.56 Å². The fraction of sp³-hybridized carbons (Fsp3) is 0.0667. The Labute approximate surface area is 144 Å². The smallest absolute Gasteiger partial charge is 0.271 e. The summed E-state index contributed by atoms with van der Waals surface area (Å²) in [5, 5.41) is 3.96. The van der Waals surface area contributed by atoms with Gasteiger partial charge in [0.05, 0.1) is 16.9 Å². The fourth-order valence-corrected chi connectivity index (χ4v) is 2.62. The lowest BCUT2D eigenvalue weighted by molar-refractivity contribution is 0.0955. The number of nitrogens with zero attached hydrogens (tertiary/aromatic N) is 1. The second-order valence-corrected chi connectivity index (χ2v) is 6.18. The van der Waals surface area contributed by atoms with E-state index < -0.39 is 0 Å². The molecule has 0 unspecified atom stereocenters. The van der Waals surface area contributed by atoms with E-state index in [4.69, 9.17) is 4.74 Å². The predicted molar refractivity (Wildman–Crippen MR) is 94.9 cm³/mol. The van der Waals surface area contributed by atoms with E-state index in [1.807, 2.05) is 30.3 Å². The highest BCUT2D eigenvalue weighted by Gasteiger charge is 2.03. The minimum Gasteiger partial charge on any atom is -0.496 e. The first kappa shape index (κ1) is 16.0. The number of carbonyl (C=O) groups excluding carboxylic acids is 1. The lowest BCUT2D eigenvalue weighted by atomic mass is 10.2. The number of nitrogens with one attached hydrogen (secondary N) is 1. The van der Waals surface area contributed by atoms with Gasteiger partial charge >= 0.3 is 0 Å². The first-order valence-corrected chi connectivity index (χ1v) is 7.90. The van der Waals surface area contributed by atoms with E-state index in [0.717, 1.165) is 19.4 Å². The zero-order valence-corrected chi connectivity index (χ0v) is 14.9. The molecule has 0 aliphatic carbocycles. The summed E-state index contributed by atoms with van der Waals surface area (Å²) in [6, 6.07) is 12.7. The van der Waals surface area contributed by atoms with Crippen molar-refractivity contribution < 1.29 is 9.53 Å². The predicted octanol–water partition coefficient (Wildman–Crippen LogP) is 3.83. The van der Waals surface area contributed by atoms with Gasteiger partial charge in [0.1, 0.15) is 5.75 Å². The summed E-state index contributed by atoms with van der Waals surface area (Å²) in [4.78, 5) is 11.9. The summed E-state index contributed by atoms with van der Waals surface area (Å²) in [7, 11) is 1.63. The van der Waals surface area contributed by atoms with Crippen LogP contribution in [0.3, 0.4) is 0 Å². The molecule has 0 bridgehead atoms. The highest BCUT2D eigenvalue weighted by molar-refractivity contribution is 14.1. The number of hydrogen-bond donors (Lipinski definition) is 1. The molecule has 0 fully saturated rings. The largest absolute Gasteiger partial charge is 0.496 e. The second-order valence-electron chi connectivity index (χ2n) is 4.10. The number of methoxy groups -OCH3 is 1. The third kappa shape index (κ3) is 4.53. The Morgan fingerprint density at radius 3 is 2.62 bits per heavy atom. The molecule has 0 saturated heterocycles. The summed E-state index contributed by atoms with van der Waals surface area (Å²) in [5.41, 5.74) is 3.94. The quantitative estimate of drug-likeness (QED) is 0.430. The van der Waals surface area contributed by atoms with Crippen LogP contribution < -0.4 is 10.2 Å². The number of benzene rings is 2. The molecule has 0 aromatic heterocycles.